The van der Waals surface area contributed by atoms with Crippen LogP contribution in [0.5, 0.6) is 0 Å². The van der Waals surface area contributed by atoms with E-state index in [1.807, 2.05) is 53.4 Å². The maximum atomic E-state index is 13.5. The summed E-state index contributed by atoms with van der Waals surface area (Å²) in [6, 6.07) is 25.9. The van der Waals surface area contributed by atoms with Crippen LogP contribution >= 0.6 is 0 Å². The third-order valence-electron chi connectivity index (χ3n) is 6.85. The highest BCUT2D eigenvalue weighted by molar-refractivity contribution is 6.06. The highest BCUT2D eigenvalue weighted by Gasteiger charge is 2.62. The lowest BCUT2D eigenvalue weighted by molar-refractivity contribution is -0.144. The van der Waals surface area contributed by atoms with Crippen molar-refractivity contribution in [1.29, 1.82) is 0 Å². The second-order valence-corrected chi connectivity index (χ2v) is 8.76. The Balaban J connectivity index is 1.30. The zero-order valence-electron chi connectivity index (χ0n) is 18.3. The first-order chi connectivity index (χ1) is 16.1. The largest absolute Gasteiger partial charge is 0.334 e. The van der Waals surface area contributed by atoms with Crippen LogP contribution in [0.1, 0.15) is 30.0 Å². The van der Waals surface area contributed by atoms with Crippen molar-refractivity contribution >= 4 is 17.6 Å². The Labute approximate surface area is 192 Å². The number of nitrogens with one attached hydrogen (secondary N) is 1. The van der Waals surface area contributed by atoms with Gasteiger partial charge in [-0.1, -0.05) is 60.7 Å². The molecule has 1 atom stereocenters. The molecule has 2 fully saturated rings. The second kappa shape index (κ2) is 8.70. The van der Waals surface area contributed by atoms with Gasteiger partial charge in [0, 0.05) is 25.3 Å². The van der Waals surface area contributed by atoms with Gasteiger partial charge in [0.1, 0.15) is 5.82 Å². The average Bonchev–Trinajstić information content (AvgIpc) is 2.86. The number of para-hydroxylation sites is 1. The Hall–Kier alpha value is -3.67. The fourth-order valence-electron chi connectivity index (χ4n) is 5.15. The SMILES string of the molecule is O=C(NCc1cccc(F)c1)N1CCC2(CC1)C(=O)N(c1ccccc1)C2c1ccccc1. The molecule has 1 unspecified atom stereocenters. The number of nitrogens with zero attached hydrogens (tertiary/aromatic N) is 2. The molecule has 2 heterocycles. The molecule has 0 bridgehead atoms. The maximum Gasteiger partial charge on any atom is 0.317 e. The second-order valence-electron chi connectivity index (χ2n) is 8.76. The molecule has 33 heavy (non-hydrogen) atoms. The Morgan fingerprint density at radius 2 is 1.61 bits per heavy atom. The summed E-state index contributed by atoms with van der Waals surface area (Å²) in [6.07, 6.45) is 1.23. The summed E-state index contributed by atoms with van der Waals surface area (Å²) in [5.41, 5.74) is 2.23. The van der Waals surface area contributed by atoms with Crippen LogP contribution in [0.15, 0.2) is 84.9 Å². The highest BCUT2D eigenvalue weighted by atomic mass is 19.1. The number of likely N-dealkylation sites (tertiary alicyclic amines) is 1. The van der Waals surface area contributed by atoms with Crippen LogP contribution in [0.3, 0.4) is 0 Å². The fourth-order valence-corrected chi connectivity index (χ4v) is 5.15. The van der Waals surface area contributed by atoms with Crippen molar-refractivity contribution < 1.29 is 14.0 Å². The van der Waals surface area contributed by atoms with Gasteiger partial charge in [-0.05, 0) is 48.2 Å². The van der Waals surface area contributed by atoms with Crippen molar-refractivity contribution in [2.45, 2.75) is 25.4 Å². The van der Waals surface area contributed by atoms with Crippen LogP contribution < -0.4 is 10.2 Å². The first-order valence-corrected chi connectivity index (χ1v) is 11.3. The number of benzene rings is 3. The Morgan fingerprint density at radius 3 is 2.27 bits per heavy atom. The van der Waals surface area contributed by atoms with Gasteiger partial charge in [0.15, 0.2) is 0 Å². The summed E-state index contributed by atoms with van der Waals surface area (Å²) < 4.78 is 13.4. The predicted molar refractivity (Wildman–Crippen MR) is 125 cm³/mol. The number of amides is 3. The summed E-state index contributed by atoms with van der Waals surface area (Å²) in [6.45, 7) is 1.28. The first kappa shape index (κ1) is 21.2. The molecule has 0 radical (unpaired) electrons. The van der Waals surface area contributed by atoms with Crippen molar-refractivity contribution in [3.8, 4) is 0 Å². The molecule has 2 aliphatic heterocycles. The fraction of sp³-hybridized carbons (Fsp3) is 0.259. The van der Waals surface area contributed by atoms with Crippen LogP contribution in [0.4, 0.5) is 14.9 Å². The van der Waals surface area contributed by atoms with Crippen molar-refractivity contribution in [1.82, 2.24) is 10.2 Å². The first-order valence-electron chi connectivity index (χ1n) is 11.3. The molecule has 3 aromatic rings. The number of anilines is 1. The Bertz CT molecular complexity index is 1140. The van der Waals surface area contributed by atoms with Gasteiger partial charge in [0.25, 0.3) is 0 Å². The summed E-state index contributed by atoms with van der Waals surface area (Å²) in [4.78, 5) is 29.9. The third-order valence-corrected chi connectivity index (χ3v) is 6.85. The molecule has 6 heteroatoms. The van der Waals surface area contributed by atoms with E-state index in [-0.39, 0.29) is 30.3 Å². The van der Waals surface area contributed by atoms with E-state index in [0.29, 0.717) is 31.5 Å². The topological polar surface area (TPSA) is 52.7 Å². The predicted octanol–water partition coefficient (Wildman–Crippen LogP) is 4.91. The van der Waals surface area contributed by atoms with Gasteiger partial charge >= 0.3 is 6.03 Å². The minimum atomic E-state index is -0.503. The molecule has 168 valence electrons. The molecule has 1 N–H and O–H groups in total. The summed E-state index contributed by atoms with van der Waals surface area (Å²) in [5, 5.41) is 2.87. The zero-order chi connectivity index (χ0) is 22.8. The molecule has 2 aliphatic rings. The monoisotopic (exact) mass is 443 g/mol. The number of halogens is 1. The molecule has 0 aliphatic carbocycles. The maximum absolute atomic E-state index is 13.5. The highest BCUT2D eigenvalue weighted by Crippen LogP contribution is 2.57. The Morgan fingerprint density at radius 1 is 0.939 bits per heavy atom. The number of carbonyl (C=O) groups is 2. The third kappa shape index (κ3) is 3.86. The molecule has 1 spiro atoms. The van der Waals surface area contributed by atoms with E-state index in [9.17, 15) is 14.0 Å². The number of urea groups is 1. The smallest absolute Gasteiger partial charge is 0.317 e. The van der Waals surface area contributed by atoms with E-state index >= 15 is 0 Å². The van der Waals surface area contributed by atoms with E-state index in [4.69, 9.17) is 0 Å². The molecule has 5 nitrogen and oxygen atoms in total. The molecule has 0 aromatic heterocycles. The minimum absolute atomic E-state index is 0.0499. The Kier molecular flexibility index (Phi) is 5.58. The van der Waals surface area contributed by atoms with Crippen molar-refractivity contribution in [2.75, 3.05) is 18.0 Å². The van der Waals surface area contributed by atoms with Gasteiger partial charge in [-0.15, -0.1) is 0 Å². The molecule has 2 saturated heterocycles. The van der Waals surface area contributed by atoms with Gasteiger partial charge in [-0.3, -0.25) is 4.79 Å². The van der Waals surface area contributed by atoms with E-state index in [1.165, 1.54) is 12.1 Å². The standard InChI is InChI=1S/C27H26FN3O2/c28-22-11-7-8-20(18-22)19-29-26(33)30-16-14-27(15-17-30)24(21-9-3-1-4-10-21)31(25(27)32)23-12-5-2-6-13-23/h1-13,18,24H,14-17,19H2,(H,29,33). The zero-order valence-corrected chi connectivity index (χ0v) is 18.3. The molecule has 0 saturated carbocycles. The number of hydrogen-bond donors (Lipinski definition) is 1. The quantitative estimate of drug-likeness (QED) is 0.583. The molecule has 5 rings (SSSR count). The lowest BCUT2D eigenvalue weighted by Gasteiger charge is -2.59. The van der Waals surface area contributed by atoms with Crippen LogP contribution in [0.2, 0.25) is 0 Å². The van der Waals surface area contributed by atoms with Crippen LogP contribution in [0.25, 0.3) is 0 Å². The number of rotatable bonds is 4. The lowest BCUT2D eigenvalue weighted by atomic mass is 9.62. The van der Waals surface area contributed by atoms with Crippen LogP contribution in [-0.4, -0.2) is 29.9 Å². The number of carbonyl (C=O) groups excluding carboxylic acids is 2. The van der Waals surface area contributed by atoms with Gasteiger partial charge in [0.2, 0.25) is 5.91 Å². The van der Waals surface area contributed by atoms with E-state index in [2.05, 4.69) is 17.4 Å². The molecule has 3 amide bonds. The lowest BCUT2D eigenvalue weighted by Crippen LogP contribution is -2.67. The van der Waals surface area contributed by atoms with Crippen LogP contribution in [0, 0.1) is 11.2 Å². The van der Waals surface area contributed by atoms with E-state index < -0.39 is 5.41 Å². The molecular weight excluding hydrogens is 417 g/mol. The summed E-state index contributed by atoms with van der Waals surface area (Å²) in [5.74, 6) is -0.192. The van der Waals surface area contributed by atoms with E-state index in [1.54, 1.807) is 17.0 Å². The van der Waals surface area contributed by atoms with Crippen molar-refractivity contribution in [3.63, 3.8) is 0 Å². The van der Waals surface area contributed by atoms with Gasteiger partial charge in [0.05, 0.1) is 11.5 Å². The number of piperidine rings is 1. The van der Waals surface area contributed by atoms with Gasteiger partial charge in [-0.25, -0.2) is 9.18 Å². The number of β-lactam (4-membered cyclic amide) rings is 1. The van der Waals surface area contributed by atoms with Gasteiger partial charge in [-0.2, -0.15) is 0 Å². The minimum Gasteiger partial charge on any atom is -0.334 e. The summed E-state index contributed by atoms with van der Waals surface area (Å²) in [7, 11) is 0. The normalized spacial score (nSPS) is 19.3. The van der Waals surface area contributed by atoms with Crippen LogP contribution in [-0.2, 0) is 11.3 Å². The van der Waals surface area contributed by atoms with Gasteiger partial charge < -0.3 is 15.1 Å². The van der Waals surface area contributed by atoms with E-state index in [0.717, 1.165) is 11.3 Å². The number of hydrogen-bond acceptors (Lipinski definition) is 2. The average molecular weight is 444 g/mol. The summed E-state index contributed by atoms with van der Waals surface area (Å²) >= 11 is 0. The van der Waals surface area contributed by atoms with Crippen molar-refractivity contribution in [3.05, 3.63) is 102 Å². The molecule has 3 aromatic carbocycles. The van der Waals surface area contributed by atoms with Crippen molar-refractivity contribution in [2.24, 2.45) is 5.41 Å². The molecular formula is C27H26FN3O2.